The van der Waals surface area contributed by atoms with Gasteiger partial charge in [0.05, 0.1) is 0 Å². The normalized spacial score (nSPS) is 11.6. The van der Waals surface area contributed by atoms with Gasteiger partial charge in [-0.25, -0.2) is 0 Å². The van der Waals surface area contributed by atoms with Gasteiger partial charge < -0.3 is 10.2 Å². The second-order valence-electron chi connectivity index (χ2n) is 5.14. The topological polar surface area (TPSA) is 57.5 Å². The molecule has 0 bridgehead atoms. The first kappa shape index (κ1) is 12.9. The first-order chi connectivity index (χ1) is 9.49. The van der Waals surface area contributed by atoms with Crippen LogP contribution in [0.2, 0.25) is 0 Å². The Labute approximate surface area is 119 Å². The molecule has 0 amide bonds. The van der Waals surface area contributed by atoms with Gasteiger partial charge in [-0.1, -0.05) is 13.8 Å². The van der Waals surface area contributed by atoms with E-state index >= 15 is 0 Å². The van der Waals surface area contributed by atoms with Crippen LogP contribution in [0.3, 0.4) is 0 Å². The van der Waals surface area contributed by atoms with Crippen molar-refractivity contribution in [3.05, 3.63) is 46.1 Å². The summed E-state index contributed by atoms with van der Waals surface area (Å²) in [5.41, 5.74) is 0.540. The van der Waals surface area contributed by atoms with Crippen molar-refractivity contribution in [1.82, 2.24) is 0 Å². The van der Waals surface area contributed by atoms with E-state index in [1.807, 2.05) is 13.8 Å². The fraction of sp³-hybridized carbons (Fsp3) is 0.188. The van der Waals surface area contributed by atoms with Gasteiger partial charge in [0.15, 0.2) is 5.43 Å². The Morgan fingerprint density at radius 2 is 1.75 bits per heavy atom. The van der Waals surface area contributed by atoms with E-state index in [2.05, 4.69) is 0 Å². The first-order valence-corrected chi connectivity index (χ1v) is 7.22. The van der Waals surface area contributed by atoms with Gasteiger partial charge in [0.1, 0.15) is 11.5 Å². The zero-order chi connectivity index (χ0) is 14.4. The van der Waals surface area contributed by atoms with Gasteiger partial charge in [-0.2, -0.15) is 0 Å². The molecule has 4 heteroatoms. The van der Waals surface area contributed by atoms with Crippen molar-refractivity contribution >= 4 is 31.5 Å². The fourth-order valence-corrected chi connectivity index (χ4v) is 3.61. The summed E-state index contributed by atoms with van der Waals surface area (Å²) in [6, 6.07) is 8.22. The van der Waals surface area contributed by atoms with Crippen molar-refractivity contribution in [3.63, 3.8) is 0 Å². The van der Waals surface area contributed by atoms with Crippen LogP contribution in [0, 0.1) is 0 Å². The van der Waals surface area contributed by atoms with E-state index in [0.29, 0.717) is 16.3 Å². The number of hydrogen-bond donors (Lipinski definition) is 2. The van der Waals surface area contributed by atoms with E-state index in [-0.39, 0.29) is 22.8 Å². The Kier molecular flexibility index (Phi) is 2.91. The fourth-order valence-electron chi connectivity index (χ4n) is 2.53. The van der Waals surface area contributed by atoms with Crippen molar-refractivity contribution in [1.29, 1.82) is 0 Å². The van der Waals surface area contributed by atoms with Gasteiger partial charge in [0, 0.05) is 25.7 Å². The highest BCUT2D eigenvalue weighted by Crippen LogP contribution is 2.35. The number of fused-ring (bicyclic) bond motifs is 2. The number of hydrogen-bond acceptors (Lipinski definition) is 4. The maximum Gasteiger partial charge on any atom is 0.196 e. The van der Waals surface area contributed by atoms with Gasteiger partial charge in [0.25, 0.3) is 0 Å². The lowest BCUT2D eigenvalue weighted by molar-refractivity contribution is 0.466. The summed E-state index contributed by atoms with van der Waals surface area (Å²) in [7, 11) is 0. The number of aromatic hydroxyl groups is 2. The number of benzene rings is 2. The minimum atomic E-state index is -0.135. The molecule has 20 heavy (non-hydrogen) atoms. The van der Waals surface area contributed by atoms with Crippen LogP contribution in [-0.2, 0) is 0 Å². The Bertz CT molecular complexity index is 878. The molecule has 0 saturated carbocycles. The van der Waals surface area contributed by atoms with E-state index in [0.717, 1.165) is 9.40 Å². The van der Waals surface area contributed by atoms with Crippen LogP contribution >= 0.6 is 11.3 Å². The highest BCUT2D eigenvalue weighted by molar-refractivity contribution is 7.24. The van der Waals surface area contributed by atoms with E-state index in [9.17, 15) is 15.0 Å². The lowest BCUT2D eigenvalue weighted by Gasteiger charge is -2.12. The molecule has 0 radical (unpaired) electrons. The molecule has 0 aliphatic heterocycles. The molecular formula is C16H14O3S. The van der Waals surface area contributed by atoms with E-state index in [1.54, 1.807) is 24.3 Å². The lowest BCUT2D eigenvalue weighted by Crippen LogP contribution is -2.05. The van der Waals surface area contributed by atoms with Crippen molar-refractivity contribution < 1.29 is 10.2 Å². The van der Waals surface area contributed by atoms with E-state index in [1.165, 1.54) is 17.4 Å². The first-order valence-electron chi connectivity index (χ1n) is 6.40. The van der Waals surface area contributed by atoms with Crippen molar-refractivity contribution in [3.8, 4) is 11.5 Å². The quantitative estimate of drug-likeness (QED) is 0.666. The molecule has 3 nitrogen and oxygen atoms in total. The van der Waals surface area contributed by atoms with Gasteiger partial charge >= 0.3 is 0 Å². The third-order valence-electron chi connectivity index (χ3n) is 3.42. The molecule has 0 fully saturated rings. The standard InChI is InChI=1S/C16H14O3S/c1-8(2)14-11(18)4-6-13-15(14)16(19)10-7-9(17)3-5-12(10)20-13/h3-8,17-18H,1-2H3. The summed E-state index contributed by atoms with van der Waals surface area (Å²) in [5.74, 6) is 0.275. The minimum absolute atomic E-state index is 0.0494. The van der Waals surface area contributed by atoms with Crippen LogP contribution in [0.25, 0.3) is 20.2 Å². The van der Waals surface area contributed by atoms with E-state index < -0.39 is 0 Å². The maximum atomic E-state index is 12.7. The van der Waals surface area contributed by atoms with Crippen LogP contribution < -0.4 is 5.43 Å². The average molecular weight is 286 g/mol. The SMILES string of the molecule is CC(C)c1c(O)ccc2sc3ccc(O)cc3c(=O)c12. The molecule has 0 spiro atoms. The third kappa shape index (κ3) is 1.84. The highest BCUT2D eigenvalue weighted by atomic mass is 32.1. The second kappa shape index (κ2) is 4.49. The van der Waals surface area contributed by atoms with Crippen molar-refractivity contribution in [2.75, 3.05) is 0 Å². The molecule has 3 rings (SSSR count). The third-order valence-corrected chi connectivity index (χ3v) is 4.55. The largest absolute Gasteiger partial charge is 0.508 e. The van der Waals surface area contributed by atoms with Gasteiger partial charge in [-0.3, -0.25) is 4.79 Å². The Morgan fingerprint density at radius 1 is 1.05 bits per heavy atom. The van der Waals surface area contributed by atoms with Gasteiger partial charge in [-0.05, 0) is 36.2 Å². The molecule has 2 aromatic carbocycles. The van der Waals surface area contributed by atoms with Crippen LogP contribution in [-0.4, -0.2) is 10.2 Å². The summed E-state index contributed by atoms with van der Waals surface area (Å²) >= 11 is 1.49. The van der Waals surface area contributed by atoms with Crippen LogP contribution in [0.5, 0.6) is 11.5 Å². The Morgan fingerprint density at radius 3 is 2.45 bits per heavy atom. The summed E-state index contributed by atoms with van der Waals surface area (Å²) in [5, 5.41) is 20.7. The predicted octanol–water partition coefficient (Wildman–Crippen LogP) is 3.95. The zero-order valence-electron chi connectivity index (χ0n) is 11.2. The van der Waals surface area contributed by atoms with Crippen LogP contribution in [0.4, 0.5) is 0 Å². The molecule has 102 valence electrons. The molecular weight excluding hydrogens is 272 g/mol. The molecule has 0 atom stereocenters. The summed E-state index contributed by atoms with van der Waals surface area (Å²) in [4.78, 5) is 12.7. The van der Waals surface area contributed by atoms with Crippen molar-refractivity contribution in [2.24, 2.45) is 0 Å². The number of rotatable bonds is 1. The highest BCUT2D eigenvalue weighted by Gasteiger charge is 2.16. The lowest BCUT2D eigenvalue weighted by atomic mass is 9.97. The summed E-state index contributed by atoms with van der Waals surface area (Å²) < 4.78 is 1.69. The van der Waals surface area contributed by atoms with Gasteiger partial charge in [-0.15, -0.1) is 11.3 Å². The molecule has 0 aliphatic rings. The molecule has 0 saturated heterocycles. The molecule has 0 unspecified atom stereocenters. The summed E-state index contributed by atoms with van der Waals surface area (Å²) in [6.07, 6.45) is 0. The van der Waals surface area contributed by atoms with Crippen LogP contribution in [0.1, 0.15) is 25.3 Å². The monoisotopic (exact) mass is 286 g/mol. The van der Waals surface area contributed by atoms with E-state index in [4.69, 9.17) is 0 Å². The Balaban J connectivity index is 2.59. The number of phenolic OH excluding ortho intramolecular Hbond substituents is 2. The van der Waals surface area contributed by atoms with Crippen molar-refractivity contribution in [2.45, 2.75) is 19.8 Å². The molecule has 0 aliphatic carbocycles. The van der Waals surface area contributed by atoms with Crippen LogP contribution in [0.15, 0.2) is 35.1 Å². The number of phenols is 2. The molecule has 1 aromatic heterocycles. The molecule has 3 aromatic rings. The van der Waals surface area contributed by atoms with Gasteiger partial charge in [0.2, 0.25) is 0 Å². The second-order valence-corrected chi connectivity index (χ2v) is 6.22. The summed E-state index contributed by atoms with van der Waals surface area (Å²) in [6.45, 7) is 3.90. The average Bonchev–Trinajstić information content (AvgIpc) is 2.40. The Hall–Kier alpha value is -2.07. The minimum Gasteiger partial charge on any atom is -0.508 e. The molecule has 2 N–H and O–H groups in total. The molecule has 1 heterocycles. The maximum absolute atomic E-state index is 12.7. The zero-order valence-corrected chi connectivity index (χ0v) is 12.0. The predicted molar refractivity (Wildman–Crippen MR) is 83.0 cm³/mol. The smallest absolute Gasteiger partial charge is 0.196 e.